The molecule has 1 aliphatic rings. The molecule has 8 heteroatoms. The van der Waals surface area contributed by atoms with Gasteiger partial charge in [-0.2, -0.15) is 5.26 Å². The Morgan fingerprint density at radius 2 is 1.88 bits per heavy atom. The summed E-state index contributed by atoms with van der Waals surface area (Å²) in [4.78, 5) is 14.0. The maximum Gasteiger partial charge on any atom is 0.271 e. The summed E-state index contributed by atoms with van der Waals surface area (Å²) in [6.45, 7) is 1.44. The smallest absolute Gasteiger partial charge is 0.271 e. The number of rotatable bonds is 4. The minimum absolute atomic E-state index is 0.0920. The van der Waals surface area contributed by atoms with Crippen LogP contribution in [0.25, 0.3) is 0 Å². The zero-order valence-corrected chi connectivity index (χ0v) is 14.4. The lowest BCUT2D eigenvalue weighted by molar-refractivity contribution is 0.0793. The fourth-order valence-electron chi connectivity index (χ4n) is 2.49. The first-order valence-corrected chi connectivity index (χ1v) is 9.77. The summed E-state index contributed by atoms with van der Waals surface area (Å²) in [5.74, 6) is -0.122. The SMILES string of the molecule is N#Cc1ccc(NS(=O)(=O)c2cc(C(=O)N3CCCC3)cs2)cc1. The van der Waals surface area contributed by atoms with Crippen molar-refractivity contribution in [3.05, 3.63) is 46.8 Å². The number of nitrogens with one attached hydrogen (secondary N) is 1. The number of benzene rings is 1. The van der Waals surface area contributed by atoms with Gasteiger partial charge in [-0.1, -0.05) is 0 Å². The first kappa shape index (κ1) is 16.5. The average Bonchev–Trinajstić information content (AvgIpc) is 3.26. The van der Waals surface area contributed by atoms with Crippen molar-refractivity contribution in [2.75, 3.05) is 17.8 Å². The van der Waals surface area contributed by atoms with E-state index in [1.807, 2.05) is 6.07 Å². The van der Waals surface area contributed by atoms with Crippen molar-refractivity contribution in [1.29, 1.82) is 5.26 Å². The lowest BCUT2D eigenvalue weighted by Crippen LogP contribution is -2.27. The summed E-state index contributed by atoms with van der Waals surface area (Å²) in [6.07, 6.45) is 1.97. The van der Waals surface area contributed by atoms with E-state index < -0.39 is 10.0 Å². The van der Waals surface area contributed by atoms with Gasteiger partial charge in [0, 0.05) is 24.2 Å². The van der Waals surface area contributed by atoms with E-state index in [0.717, 1.165) is 37.3 Å². The highest BCUT2D eigenvalue weighted by Crippen LogP contribution is 2.25. The molecule has 0 aliphatic carbocycles. The summed E-state index contributed by atoms with van der Waals surface area (Å²) in [5.41, 5.74) is 1.23. The van der Waals surface area contributed by atoms with Crippen molar-refractivity contribution in [1.82, 2.24) is 4.90 Å². The summed E-state index contributed by atoms with van der Waals surface area (Å²) in [7, 11) is -3.75. The van der Waals surface area contributed by atoms with E-state index in [4.69, 9.17) is 5.26 Å². The molecule has 1 N–H and O–H groups in total. The van der Waals surface area contributed by atoms with Crippen molar-refractivity contribution in [2.24, 2.45) is 0 Å². The van der Waals surface area contributed by atoms with Gasteiger partial charge >= 0.3 is 0 Å². The van der Waals surface area contributed by atoms with Crippen LogP contribution in [0.15, 0.2) is 39.9 Å². The topological polar surface area (TPSA) is 90.3 Å². The van der Waals surface area contributed by atoms with Crippen LogP contribution in [0.4, 0.5) is 5.69 Å². The minimum Gasteiger partial charge on any atom is -0.339 e. The Balaban J connectivity index is 1.77. The van der Waals surface area contributed by atoms with Crippen molar-refractivity contribution >= 4 is 33.0 Å². The Hall–Kier alpha value is -2.37. The number of likely N-dealkylation sites (tertiary alicyclic amines) is 1. The molecule has 0 atom stereocenters. The Morgan fingerprint density at radius 1 is 1.21 bits per heavy atom. The lowest BCUT2D eigenvalue weighted by atomic mass is 10.2. The molecule has 0 radical (unpaired) electrons. The van der Waals surface area contributed by atoms with E-state index >= 15 is 0 Å². The van der Waals surface area contributed by atoms with Crippen molar-refractivity contribution in [3.8, 4) is 6.07 Å². The summed E-state index contributed by atoms with van der Waals surface area (Å²) < 4.78 is 27.4. The quantitative estimate of drug-likeness (QED) is 0.906. The molecular weight excluding hydrogens is 346 g/mol. The molecule has 24 heavy (non-hydrogen) atoms. The van der Waals surface area contributed by atoms with E-state index in [1.54, 1.807) is 10.3 Å². The Morgan fingerprint density at radius 3 is 2.50 bits per heavy atom. The first-order valence-electron chi connectivity index (χ1n) is 7.40. The first-order chi connectivity index (χ1) is 11.5. The number of carbonyl (C=O) groups is 1. The van der Waals surface area contributed by atoms with E-state index in [1.165, 1.54) is 30.3 Å². The number of amides is 1. The molecule has 1 aliphatic heterocycles. The monoisotopic (exact) mass is 361 g/mol. The lowest BCUT2D eigenvalue weighted by Gasteiger charge is -2.13. The molecule has 0 spiro atoms. The normalized spacial score (nSPS) is 14.4. The van der Waals surface area contributed by atoms with Crippen LogP contribution in [-0.4, -0.2) is 32.3 Å². The molecule has 1 amide bonds. The molecular formula is C16H15N3O3S2. The molecule has 0 bridgehead atoms. The second-order valence-corrected chi connectivity index (χ2v) is 8.27. The van der Waals surface area contributed by atoms with Crippen LogP contribution in [0.2, 0.25) is 0 Å². The minimum atomic E-state index is -3.75. The van der Waals surface area contributed by atoms with E-state index in [9.17, 15) is 13.2 Å². The third-order valence-corrected chi connectivity index (χ3v) is 6.57. The molecule has 2 aromatic rings. The standard InChI is InChI=1S/C16H15N3O3S2/c17-10-12-3-5-14(6-4-12)18-24(21,22)15-9-13(11-23-15)16(20)19-7-1-2-8-19/h3-6,9,11,18H,1-2,7-8H2. The van der Waals surface area contributed by atoms with Crippen LogP contribution in [0.5, 0.6) is 0 Å². The van der Waals surface area contributed by atoms with E-state index in [-0.39, 0.29) is 10.1 Å². The zero-order valence-electron chi connectivity index (χ0n) is 12.7. The molecule has 2 heterocycles. The zero-order chi connectivity index (χ0) is 17.2. The summed E-state index contributed by atoms with van der Waals surface area (Å²) in [5, 5.41) is 10.3. The number of hydrogen-bond acceptors (Lipinski definition) is 5. The second-order valence-electron chi connectivity index (χ2n) is 5.45. The number of thiophene rings is 1. The predicted octanol–water partition coefficient (Wildman–Crippen LogP) is 2.66. The van der Waals surface area contributed by atoms with Crippen molar-refractivity contribution in [3.63, 3.8) is 0 Å². The number of carbonyl (C=O) groups excluding carboxylic acids is 1. The number of nitriles is 1. The van der Waals surface area contributed by atoms with Crippen LogP contribution >= 0.6 is 11.3 Å². The van der Waals surface area contributed by atoms with Crippen LogP contribution in [-0.2, 0) is 10.0 Å². The van der Waals surface area contributed by atoms with E-state index in [0.29, 0.717) is 16.8 Å². The molecule has 0 unspecified atom stereocenters. The Labute approximate surface area is 144 Å². The predicted molar refractivity (Wildman–Crippen MR) is 91.4 cm³/mol. The fraction of sp³-hybridized carbons (Fsp3) is 0.250. The number of nitrogens with zero attached hydrogens (tertiary/aromatic N) is 2. The molecule has 3 rings (SSSR count). The highest BCUT2D eigenvalue weighted by atomic mass is 32.2. The van der Waals surface area contributed by atoms with Crippen LogP contribution in [0, 0.1) is 11.3 Å². The van der Waals surface area contributed by atoms with Crippen LogP contribution in [0.1, 0.15) is 28.8 Å². The van der Waals surface area contributed by atoms with Gasteiger partial charge in [-0.25, -0.2) is 8.42 Å². The van der Waals surface area contributed by atoms with Crippen molar-refractivity contribution < 1.29 is 13.2 Å². The van der Waals surface area contributed by atoms with E-state index in [2.05, 4.69) is 4.72 Å². The average molecular weight is 361 g/mol. The van der Waals surface area contributed by atoms with Gasteiger partial charge in [0.05, 0.1) is 17.2 Å². The van der Waals surface area contributed by atoms with Gasteiger partial charge in [0.25, 0.3) is 15.9 Å². The van der Waals surface area contributed by atoms with Crippen LogP contribution in [0.3, 0.4) is 0 Å². The molecule has 1 saturated heterocycles. The van der Waals surface area contributed by atoms with Crippen molar-refractivity contribution in [2.45, 2.75) is 17.1 Å². The molecule has 6 nitrogen and oxygen atoms in total. The molecule has 124 valence electrons. The highest BCUT2D eigenvalue weighted by molar-refractivity contribution is 7.94. The van der Waals surface area contributed by atoms with Gasteiger partial charge in [0.1, 0.15) is 4.21 Å². The largest absolute Gasteiger partial charge is 0.339 e. The fourth-order valence-corrected chi connectivity index (χ4v) is 4.70. The third kappa shape index (κ3) is 3.42. The second kappa shape index (κ2) is 6.63. The van der Waals surface area contributed by atoms with Crippen LogP contribution < -0.4 is 4.72 Å². The maximum absolute atomic E-state index is 12.4. The van der Waals surface area contributed by atoms with Gasteiger partial charge in [-0.15, -0.1) is 11.3 Å². The summed E-state index contributed by atoms with van der Waals surface area (Å²) >= 11 is 1.02. The molecule has 0 saturated carbocycles. The van der Waals surface area contributed by atoms with Gasteiger partial charge in [-0.05, 0) is 43.2 Å². The Kier molecular flexibility index (Phi) is 4.55. The number of anilines is 1. The number of sulfonamides is 1. The Bertz CT molecular complexity index is 889. The van der Waals surface area contributed by atoms with Gasteiger partial charge in [-0.3, -0.25) is 9.52 Å². The number of hydrogen-bond donors (Lipinski definition) is 1. The van der Waals surface area contributed by atoms with Gasteiger partial charge in [0.15, 0.2) is 0 Å². The van der Waals surface area contributed by atoms with Gasteiger partial charge < -0.3 is 4.90 Å². The van der Waals surface area contributed by atoms with Gasteiger partial charge in [0.2, 0.25) is 0 Å². The summed E-state index contributed by atoms with van der Waals surface area (Å²) in [6, 6.07) is 9.52. The third-order valence-electron chi connectivity index (χ3n) is 3.75. The molecule has 1 aromatic heterocycles. The molecule has 1 aromatic carbocycles. The molecule has 1 fully saturated rings. The highest BCUT2D eigenvalue weighted by Gasteiger charge is 2.23. The maximum atomic E-state index is 12.4.